The summed E-state index contributed by atoms with van der Waals surface area (Å²) in [5, 5.41) is 6.44. The molecule has 0 atom stereocenters. The molecule has 2 N–H and O–H groups in total. The summed E-state index contributed by atoms with van der Waals surface area (Å²) < 4.78 is 0. The first-order valence-corrected chi connectivity index (χ1v) is 9.75. The Bertz CT molecular complexity index is 830. The largest absolute Gasteiger partial charge is 0.348 e. The van der Waals surface area contributed by atoms with E-state index in [0.29, 0.717) is 16.3 Å². The highest BCUT2D eigenvalue weighted by molar-refractivity contribution is 6.31. The van der Waals surface area contributed by atoms with Gasteiger partial charge in [-0.05, 0) is 49.6 Å². The zero-order valence-corrected chi connectivity index (χ0v) is 16.2. The highest BCUT2D eigenvalue weighted by Gasteiger charge is 2.18. The van der Waals surface area contributed by atoms with Crippen molar-refractivity contribution in [3.8, 4) is 0 Å². The molecule has 0 aliphatic heterocycles. The van der Waals surface area contributed by atoms with Crippen LogP contribution in [0, 0.1) is 6.92 Å². The van der Waals surface area contributed by atoms with Crippen LogP contribution in [0.4, 0.5) is 5.69 Å². The van der Waals surface area contributed by atoms with Crippen LogP contribution < -0.4 is 10.6 Å². The molecule has 142 valence electrons. The second-order valence-electron chi connectivity index (χ2n) is 7.01. The van der Waals surface area contributed by atoms with Crippen molar-refractivity contribution in [2.45, 2.75) is 51.5 Å². The second-order valence-corrected chi connectivity index (χ2v) is 7.42. The summed E-state index contributed by atoms with van der Waals surface area (Å²) in [6, 6.07) is 8.64. The molecule has 1 fully saturated rings. The van der Waals surface area contributed by atoms with Gasteiger partial charge in [-0.15, -0.1) is 0 Å². The molecule has 27 heavy (non-hydrogen) atoms. The normalized spacial score (nSPS) is 15.0. The van der Waals surface area contributed by atoms with Crippen molar-refractivity contribution in [1.82, 2.24) is 10.3 Å². The maximum Gasteiger partial charge on any atom is 0.270 e. The van der Waals surface area contributed by atoms with Gasteiger partial charge in [-0.25, -0.2) is 0 Å². The van der Waals surface area contributed by atoms with E-state index in [-0.39, 0.29) is 23.6 Å². The van der Waals surface area contributed by atoms with Gasteiger partial charge in [0.05, 0.1) is 0 Å². The Hall–Kier alpha value is -2.40. The number of anilines is 1. The summed E-state index contributed by atoms with van der Waals surface area (Å²) in [7, 11) is 0. The molecule has 0 saturated heterocycles. The number of hydrogen-bond donors (Lipinski definition) is 2. The van der Waals surface area contributed by atoms with Gasteiger partial charge < -0.3 is 10.6 Å². The van der Waals surface area contributed by atoms with Crippen molar-refractivity contribution in [2.75, 3.05) is 5.32 Å². The zero-order valence-electron chi connectivity index (χ0n) is 15.4. The number of nitrogens with one attached hydrogen (secondary N) is 2. The quantitative estimate of drug-likeness (QED) is 0.746. The molecule has 3 rings (SSSR count). The van der Waals surface area contributed by atoms with Crippen LogP contribution in [-0.4, -0.2) is 22.8 Å². The van der Waals surface area contributed by atoms with E-state index in [1.54, 1.807) is 18.2 Å². The van der Waals surface area contributed by atoms with Crippen LogP contribution in [0.25, 0.3) is 0 Å². The molecular weight excluding hydrogens is 362 g/mol. The Morgan fingerprint density at radius 2 is 1.78 bits per heavy atom. The number of rotatable bonds is 4. The fourth-order valence-electron chi connectivity index (χ4n) is 3.25. The monoisotopic (exact) mass is 385 g/mol. The molecule has 2 amide bonds. The fourth-order valence-corrected chi connectivity index (χ4v) is 3.43. The molecule has 0 unspecified atom stereocenters. The van der Waals surface area contributed by atoms with E-state index in [1.165, 1.54) is 25.1 Å². The highest BCUT2D eigenvalue weighted by atomic mass is 35.5. The third-order valence-corrected chi connectivity index (χ3v) is 5.28. The lowest BCUT2D eigenvalue weighted by atomic mass is 10.1. The van der Waals surface area contributed by atoms with Crippen LogP contribution in [0.5, 0.6) is 0 Å². The van der Waals surface area contributed by atoms with E-state index in [4.69, 9.17) is 11.6 Å². The minimum Gasteiger partial charge on any atom is -0.348 e. The number of carbonyl (C=O) groups is 2. The third-order valence-electron chi connectivity index (χ3n) is 4.87. The van der Waals surface area contributed by atoms with E-state index in [9.17, 15) is 9.59 Å². The van der Waals surface area contributed by atoms with Gasteiger partial charge in [0.1, 0.15) is 5.69 Å². The lowest BCUT2D eigenvalue weighted by Crippen LogP contribution is -2.35. The first-order valence-electron chi connectivity index (χ1n) is 9.37. The standard InChI is InChI=1S/C21H24ClN3O2/c1-14-8-9-17(13-18(14)22)25-20(26)15-10-11-23-19(12-15)21(27)24-16-6-4-2-3-5-7-16/h8-13,16H,2-7H2,1H3,(H,24,27)(H,25,26). The molecule has 1 aliphatic carbocycles. The summed E-state index contributed by atoms with van der Waals surface area (Å²) >= 11 is 6.10. The van der Waals surface area contributed by atoms with E-state index >= 15 is 0 Å². The molecule has 0 bridgehead atoms. The number of aryl methyl sites for hydroxylation is 1. The molecule has 1 aliphatic rings. The van der Waals surface area contributed by atoms with E-state index in [2.05, 4.69) is 15.6 Å². The Kier molecular flexibility index (Phi) is 6.45. The minimum absolute atomic E-state index is 0.189. The minimum atomic E-state index is -0.305. The third kappa shape index (κ3) is 5.30. The van der Waals surface area contributed by atoms with Crippen molar-refractivity contribution < 1.29 is 9.59 Å². The van der Waals surface area contributed by atoms with Crippen LogP contribution in [0.15, 0.2) is 36.5 Å². The molecule has 0 radical (unpaired) electrons. The molecule has 1 saturated carbocycles. The second kappa shape index (κ2) is 9.00. The maximum atomic E-state index is 12.5. The van der Waals surface area contributed by atoms with Crippen molar-refractivity contribution in [1.29, 1.82) is 0 Å². The summed E-state index contributed by atoms with van der Waals surface area (Å²) in [4.78, 5) is 29.2. The molecule has 6 heteroatoms. The molecule has 1 aromatic carbocycles. The average Bonchev–Trinajstić information content (AvgIpc) is 2.93. The van der Waals surface area contributed by atoms with Gasteiger partial charge >= 0.3 is 0 Å². The molecule has 2 aromatic rings. The van der Waals surface area contributed by atoms with Gasteiger partial charge in [0.25, 0.3) is 11.8 Å². The number of nitrogens with zero attached hydrogens (tertiary/aromatic N) is 1. The predicted molar refractivity (Wildman–Crippen MR) is 107 cm³/mol. The van der Waals surface area contributed by atoms with Gasteiger partial charge in [-0.3, -0.25) is 14.6 Å². The van der Waals surface area contributed by atoms with Gasteiger partial charge in [-0.1, -0.05) is 43.4 Å². The number of hydrogen-bond acceptors (Lipinski definition) is 3. The van der Waals surface area contributed by atoms with Crippen molar-refractivity contribution in [2.24, 2.45) is 0 Å². The Balaban J connectivity index is 1.67. The number of benzene rings is 1. The van der Waals surface area contributed by atoms with E-state index in [0.717, 1.165) is 31.2 Å². The maximum absolute atomic E-state index is 12.5. The first-order chi connectivity index (χ1) is 13.0. The number of amides is 2. The zero-order chi connectivity index (χ0) is 19.2. The molecular formula is C21H24ClN3O2. The Morgan fingerprint density at radius 3 is 2.48 bits per heavy atom. The van der Waals surface area contributed by atoms with Crippen molar-refractivity contribution in [3.63, 3.8) is 0 Å². The molecule has 0 spiro atoms. The summed E-state index contributed by atoms with van der Waals surface area (Å²) in [6.07, 6.45) is 8.21. The van der Waals surface area contributed by atoms with Gasteiger partial charge in [0.2, 0.25) is 0 Å². The average molecular weight is 386 g/mol. The number of carbonyl (C=O) groups excluding carboxylic acids is 2. The van der Waals surface area contributed by atoms with E-state index < -0.39 is 0 Å². The van der Waals surface area contributed by atoms with Crippen molar-refractivity contribution >= 4 is 29.1 Å². The summed E-state index contributed by atoms with van der Waals surface area (Å²) in [6.45, 7) is 1.90. The first kappa shape index (κ1) is 19.4. The highest BCUT2D eigenvalue weighted by Crippen LogP contribution is 2.21. The Labute approximate surface area is 164 Å². The lowest BCUT2D eigenvalue weighted by Gasteiger charge is -2.16. The molecule has 1 heterocycles. The Morgan fingerprint density at radius 1 is 1.04 bits per heavy atom. The van der Waals surface area contributed by atoms with Gasteiger partial charge in [0, 0.05) is 28.5 Å². The predicted octanol–water partition coefficient (Wildman–Crippen LogP) is 4.75. The fraction of sp³-hybridized carbons (Fsp3) is 0.381. The van der Waals surface area contributed by atoms with Crippen LogP contribution in [0.2, 0.25) is 5.02 Å². The summed E-state index contributed by atoms with van der Waals surface area (Å²) in [5.74, 6) is -0.532. The number of aromatic nitrogens is 1. The van der Waals surface area contributed by atoms with Crippen LogP contribution >= 0.6 is 11.6 Å². The number of halogens is 1. The molecule has 1 aromatic heterocycles. The smallest absolute Gasteiger partial charge is 0.270 e. The van der Waals surface area contributed by atoms with Crippen LogP contribution in [0.3, 0.4) is 0 Å². The SMILES string of the molecule is Cc1ccc(NC(=O)c2ccnc(C(=O)NC3CCCCCC3)c2)cc1Cl. The molecule has 5 nitrogen and oxygen atoms in total. The van der Waals surface area contributed by atoms with Gasteiger partial charge in [0.15, 0.2) is 0 Å². The van der Waals surface area contributed by atoms with Crippen LogP contribution in [-0.2, 0) is 0 Å². The van der Waals surface area contributed by atoms with Crippen molar-refractivity contribution in [3.05, 3.63) is 58.4 Å². The van der Waals surface area contributed by atoms with E-state index in [1.807, 2.05) is 13.0 Å². The van der Waals surface area contributed by atoms with Gasteiger partial charge in [-0.2, -0.15) is 0 Å². The van der Waals surface area contributed by atoms with Crippen LogP contribution in [0.1, 0.15) is 64.9 Å². The number of pyridine rings is 1. The lowest BCUT2D eigenvalue weighted by molar-refractivity contribution is 0.0928. The topological polar surface area (TPSA) is 71.1 Å². The summed E-state index contributed by atoms with van der Waals surface area (Å²) in [5.41, 5.74) is 2.19.